The fraction of sp³-hybridized carbons (Fsp3) is 0.611. The maximum absolute atomic E-state index is 13.6. The molecule has 0 aromatic heterocycles. The maximum Gasteiger partial charge on any atom is 0.191 e. The van der Waals surface area contributed by atoms with Gasteiger partial charge in [-0.05, 0) is 43.9 Å². The maximum atomic E-state index is 13.6. The number of nitrogens with zero attached hydrogens (tertiary/aromatic N) is 1. The predicted octanol–water partition coefficient (Wildman–Crippen LogP) is 2.63. The lowest BCUT2D eigenvalue weighted by Crippen LogP contribution is -2.37. The largest absolute Gasteiger partial charge is 0.382 e. The number of methoxy groups -OCH3 is 1. The second-order valence-corrected chi connectivity index (χ2v) is 5.52. The molecule has 0 aliphatic heterocycles. The first kappa shape index (κ1) is 20.4. The monoisotopic (exact) mass is 339 g/mol. The van der Waals surface area contributed by atoms with E-state index < -0.39 is 0 Å². The Morgan fingerprint density at radius 3 is 2.71 bits per heavy atom. The first-order valence-corrected chi connectivity index (χ1v) is 8.51. The van der Waals surface area contributed by atoms with E-state index in [1.165, 1.54) is 0 Å². The van der Waals surface area contributed by atoms with Crippen LogP contribution in [0, 0.1) is 12.7 Å². The predicted molar refractivity (Wildman–Crippen MR) is 95.9 cm³/mol. The van der Waals surface area contributed by atoms with E-state index in [9.17, 15) is 4.39 Å². The van der Waals surface area contributed by atoms with Crippen molar-refractivity contribution < 1.29 is 13.9 Å². The Labute approximate surface area is 144 Å². The highest BCUT2D eigenvalue weighted by molar-refractivity contribution is 5.79. The van der Waals surface area contributed by atoms with Gasteiger partial charge in [0, 0.05) is 26.8 Å². The van der Waals surface area contributed by atoms with Crippen LogP contribution in [0.25, 0.3) is 0 Å². The Morgan fingerprint density at radius 1 is 1.17 bits per heavy atom. The van der Waals surface area contributed by atoms with Crippen molar-refractivity contribution in [3.63, 3.8) is 0 Å². The summed E-state index contributed by atoms with van der Waals surface area (Å²) in [7, 11) is 1.67. The van der Waals surface area contributed by atoms with Crippen LogP contribution in [0.1, 0.15) is 30.9 Å². The molecule has 0 saturated carbocycles. The smallest absolute Gasteiger partial charge is 0.191 e. The van der Waals surface area contributed by atoms with E-state index in [1.54, 1.807) is 26.2 Å². The van der Waals surface area contributed by atoms with Crippen LogP contribution in [0.4, 0.5) is 4.39 Å². The molecule has 0 heterocycles. The van der Waals surface area contributed by atoms with Gasteiger partial charge in [-0.1, -0.05) is 12.1 Å². The molecule has 6 heteroatoms. The molecule has 2 N–H and O–H groups in total. The zero-order valence-electron chi connectivity index (χ0n) is 15.0. The number of guanidine groups is 1. The van der Waals surface area contributed by atoms with Gasteiger partial charge in [-0.15, -0.1) is 0 Å². The van der Waals surface area contributed by atoms with E-state index in [0.29, 0.717) is 25.3 Å². The van der Waals surface area contributed by atoms with Crippen LogP contribution in [0.5, 0.6) is 0 Å². The Balaban J connectivity index is 2.30. The van der Waals surface area contributed by atoms with Gasteiger partial charge in [-0.25, -0.2) is 9.38 Å². The number of nitrogens with one attached hydrogen (secondary N) is 2. The highest BCUT2D eigenvalue weighted by Crippen LogP contribution is 2.09. The molecule has 0 unspecified atom stereocenters. The molecule has 1 aromatic rings. The number of unbranched alkanes of at least 4 members (excludes halogenated alkanes) is 1. The van der Waals surface area contributed by atoms with E-state index in [1.807, 2.05) is 13.0 Å². The summed E-state index contributed by atoms with van der Waals surface area (Å²) >= 11 is 0. The first-order chi connectivity index (χ1) is 11.7. The third-order valence-electron chi connectivity index (χ3n) is 3.44. The van der Waals surface area contributed by atoms with E-state index in [2.05, 4.69) is 15.6 Å². The fourth-order valence-electron chi connectivity index (χ4n) is 2.03. The standard InChI is InChI=1S/C18H30FN3O2/c1-4-20-18(21-9-5-6-10-24-12-11-23-3)22-14-16-8-7-15(2)17(19)13-16/h7-8,13H,4-6,9-12,14H2,1-3H3,(H2,20,21,22). The van der Waals surface area contributed by atoms with Crippen LogP contribution in [0.15, 0.2) is 23.2 Å². The lowest BCUT2D eigenvalue weighted by molar-refractivity contribution is 0.0689. The Bertz CT molecular complexity index is 495. The van der Waals surface area contributed by atoms with Crippen LogP contribution < -0.4 is 10.6 Å². The molecule has 0 spiro atoms. The second kappa shape index (κ2) is 12.7. The van der Waals surface area contributed by atoms with E-state index in [0.717, 1.165) is 44.1 Å². The quantitative estimate of drug-likeness (QED) is 0.370. The summed E-state index contributed by atoms with van der Waals surface area (Å²) in [6.07, 6.45) is 1.98. The second-order valence-electron chi connectivity index (χ2n) is 5.52. The number of halogens is 1. The summed E-state index contributed by atoms with van der Waals surface area (Å²) in [6, 6.07) is 5.23. The summed E-state index contributed by atoms with van der Waals surface area (Å²) in [6.45, 7) is 7.85. The van der Waals surface area contributed by atoms with Gasteiger partial charge in [0.05, 0.1) is 19.8 Å². The van der Waals surface area contributed by atoms with Crippen LogP contribution in [0.3, 0.4) is 0 Å². The van der Waals surface area contributed by atoms with Crippen molar-refractivity contribution in [1.82, 2.24) is 10.6 Å². The molecule has 0 fully saturated rings. The summed E-state index contributed by atoms with van der Waals surface area (Å²) in [4.78, 5) is 4.49. The number of benzene rings is 1. The molecular formula is C18H30FN3O2. The summed E-state index contributed by atoms with van der Waals surface area (Å²) in [5, 5.41) is 6.48. The molecule has 0 saturated heterocycles. The SMILES string of the molecule is CCNC(=NCc1ccc(C)c(F)c1)NCCCCOCCOC. The van der Waals surface area contributed by atoms with Gasteiger partial charge in [0.15, 0.2) is 5.96 Å². The van der Waals surface area contributed by atoms with Gasteiger partial charge in [0.1, 0.15) is 5.82 Å². The molecule has 0 amide bonds. The van der Waals surface area contributed by atoms with E-state index in [-0.39, 0.29) is 5.82 Å². The third-order valence-corrected chi connectivity index (χ3v) is 3.44. The zero-order chi connectivity index (χ0) is 17.6. The number of aliphatic imine (C=N–C) groups is 1. The molecule has 1 aromatic carbocycles. The van der Waals surface area contributed by atoms with E-state index in [4.69, 9.17) is 9.47 Å². The number of hydrogen-bond acceptors (Lipinski definition) is 3. The van der Waals surface area contributed by atoms with Crippen molar-refractivity contribution in [2.75, 3.05) is 40.0 Å². The van der Waals surface area contributed by atoms with Gasteiger partial charge in [-0.2, -0.15) is 0 Å². The summed E-state index contributed by atoms with van der Waals surface area (Å²) in [5.74, 6) is 0.563. The Hall–Kier alpha value is -1.66. The molecule has 1 rings (SSSR count). The van der Waals surface area contributed by atoms with Crippen LogP contribution in [-0.4, -0.2) is 46.0 Å². The highest BCUT2D eigenvalue weighted by Gasteiger charge is 2.01. The number of rotatable bonds is 11. The normalized spacial score (nSPS) is 11.6. The van der Waals surface area contributed by atoms with Gasteiger partial charge in [0.25, 0.3) is 0 Å². The lowest BCUT2D eigenvalue weighted by atomic mass is 10.1. The first-order valence-electron chi connectivity index (χ1n) is 8.51. The van der Waals surface area contributed by atoms with Gasteiger partial charge >= 0.3 is 0 Å². The molecule has 5 nitrogen and oxygen atoms in total. The van der Waals surface area contributed by atoms with Crippen molar-refractivity contribution in [2.45, 2.75) is 33.2 Å². The number of ether oxygens (including phenoxy) is 2. The molecule has 0 atom stereocenters. The topological polar surface area (TPSA) is 54.9 Å². The zero-order valence-corrected chi connectivity index (χ0v) is 15.0. The lowest BCUT2D eigenvalue weighted by Gasteiger charge is -2.11. The highest BCUT2D eigenvalue weighted by atomic mass is 19.1. The minimum atomic E-state index is -0.186. The Kier molecular flexibility index (Phi) is 10.8. The molecule has 0 aliphatic carbocycles. The molecule has 0 bridgehead atoms. The van der Waals surface area contributed by atoms with Crippen LogP contribution in [-0.2, 0) is 16.0 Å². The molecule has 0 aliphatic rings. The molecular weight excluding hydrogens is 309 g/mol. The number of hydrogen-bond donors (Lipinski definition) is 2. The average Bonchev–Trinajstić information content (AvgIpc) is 2.58. The minimum absolute atomic E-state index is 0.186. The van der Waals surface area contributed by atoms with Crippen molar-refractivity contribution in [1.29, 1.82) is 0 Å². The third kappa shape index (κ3) is 8.84. The van der Waals surface area contributed by atoms with Crippen LogP contribution in [0.2, 0.25) is 0 Å². The van der Waals surface area contributed by atoms with Crippen molar-refractivity contribution in [3.05, 3.63) is 35.1 Å². The van der Waals surface area contributed by atoms with E-state index >= 15 is 0 Å². The molecule has 0 radical (unpaired) electrons. The fourth-order valence-corrected chi connectivity index (χ4v) is 2.03. The molecule has 136 valence electrons. The van der Waals surface area contributed by atoms with Gasteiger partial charge in [0.2, 0.25) is 0 Å². The van der Waals surface area contributed by atoms with Gasteiger partial charge < -0.3 is 20.1 Å². The van der Waals surface area contributed by atoms with Crippen LogP contribution >= 0.6 is 0 Å². The van der Waals surface area contributed by atoms with Crippen molar-refractivity contribution in [2.24, 2.45) is 4.99 Å². The average molecular weight is 339 g/mol. The number of aryl methyl sites for hydroxylation is 1. The molecule has 24 heavy (non-hydrogen) atoms. The van der Waals surface area contributed by atoms with Gasteiger partial charge in [-0.3, -0.25) is 0 Å². The van der Waals surface area contributed by atoms with Crippen molar-refractivity contribution in [3.8, 4) is 0 Å². The summed E-state index contributed by atoms with van der Waals surface area (Å²) in [5.41, 5.74) is 1.52. The van der Waals surface area contributed by atoms with Crippen molar-refractivity contribution >= 4 is 5.96 Å². The minimum Gasteiger partial charge on any atom is -0.382 e. The Morgan fingerprint density at radius 2 is 2.00 bits per heavy atom. The summed E-state index contributed by atoms with van der Waals surface area (Å²) < 4.78 is 23.9.